The van der Waals surface area contributed by atoms with E-state index >= 15 is 0 Å². The average Bonchev–Trinajstić information content (AvgIpc) is 2.81. The van der Waals surface area contributed by atoms with E-state index in [0.29, 0.717) is 23.0 Å². The summed E-state index contributed by atoms with van der Waals surface area (Å²) >= 11 is 0. The van der Waals surface area contributed by atoms with Crippen molar-refractivity contribution >= 4 is 11.3 Å². The molecule has 3 rings (SSSR count). The van der Waals surface area contributed by atoms with E-state index in [1.807, 2.05) is 12.1 Å². The number of aromatic nitrogens is 4. The molecule has 6 heteroatoms. The number of nitrogen functional groups attached to an aromatic ring is 1. The SMILES string of the molecule is Nc1ccccc1Oc1nccn2cnnc12. The number of nitrogens with zero attached hydrogens (tertiary/aromatic N) is 4. The monoisotopic (exact) mass is 227 g/mol. The van der Waals surface area contributed by atoms with Crippen LogP contribution in [0.1, 0.15) is 0 Å². The second kappa shape index (κ2) is 3.75. The van der Waals surface area contributed by atoms with Crippen LogP contribution in [0.15, 0.2) is 43.0 Å². The number of fused-ring (bicyclic) bond motifs is 1. The van der Waals surface area contributed by atoms with Crippen molar-refractivity contribution in [2.24, 2.45) is 0 Å². The van der Waals surface area contributed by atoms with Crippen LogP contribution in [-0.2, 0) is 0 Å². The van der Waals surface area contributed by atoms with Gasteiger partial charge in [-0.15, -0.1) is 10.2 Å². The van der Waals surface area contributed by atoms with Crippen molar-refractivity contribution in [3.8, 4) is 11.6 Å². The lowest BCUT2D eigenvalue weighted by molar-refractivity contribution is 0.467. The second-order valence-corrected chi connectivity index (χ2v) is 3.43. The smallest absolute Gasteiger partial charge is 0.265 e. The van der Waals surface area contributed by atoms with Gasteiger partial charge < -0.3 is 10.5 Å². The molecule has 0 fully saturated rings. The van der Waals surface area contributed by atoms with Gasteiger partial charge in [-0.05, 0) is 12.1 Å². The third-order valence-electron chi connectivity index (χ3n) is 2.31. The Labute approximate surface area is 96.7 Å². The molecule has 0 saturated heterocycles. The molecule has 0 aliphatic carbocycles. The summed E-state index contributed by atoms with van der Waals surface area (Å²) in [5.41, 5.74) is 6.90. The molecule has 0 saturated carbocycles. The summed E-state index contributed by atoms with van der Waals surface area (Å²) in [5, 5.41) is 7.72. The Hall–Kier alpha value is -2.63. The second-order valence-electron chi connectivity index (χ2n) is 3.43. The number of benzene rings is 1. The maximum absolute atomic E-state index is 5.79. The number of rotatable bonds is 2. The van der Waals surface area contributed by atoms with Crippen LogP contribution in [0.2, 0.25) is 0 Å². The fourth-order valence-electron chi connectivity index (χ4n) is 1.48. The van der Waals surface area contributed by atoms with Gasteiger partial charge in [0.1, 0.15) is 6.33 Å². The third-order valence-corrected chi connectivity index (χ3v) is 2.31. The highest BCUT2D eigenvalue weighted by molar-refractivity contribution is 5.56. The molecular formula is C11H9N5O. The van der Waals surface area contributed by atoms with E-state index in [1.165, 1.54) is 0 Å². The Kier molecular flexibility index (Phi) is 2.11. The average molecular weight is 227 g/mol. The number of nitrogens with two attached hydrogens (primary N) is 1. The van der Waals surface area contributed by atoms with Gasteiger partial charge in [-0.3, -0.25) is 4.40 Å². The molecule has 6 nitrogen and oxygen atoms in total. The third kappa shape index (κ3) is 1.65. The summed E-state index contributed by atoms with van der Waals surface area (Å²) in [7, 11) is 0. The van der Waals surface area contributed by atoms with Crippen molar-refractivity contribution in [2.45, 2.75) is 0 Å². The molecule has 0 atom stereocenters. The van der Waals surface area contributed by atoms with Gasteiger partial charge >= 0.3 is 0 Å². The lowest BCUT2D eigenvalue weighted by Crippen LogP contribution is -1.96. The Morgan fingerprint density at radius 2 is 2.12 bits per heavy atom. The van der Waals surface area contributed by atoms with Gasteiger partial charge in [-0.1, -0.05) is 12.1 Å². The minimum Gasteiger partial charge on any atom is -0.434 e. The van der Waals surface area contributed by atoms with Gasteiger partial charge in [0.2, 0.25) is 5.65 Å². The van der Waals surface area contributed by atoms with E-state index < -0.39 is 0 Å². The maximum atomic E-state index is 5.79. The van der Waals surface area contributed by atoms with Crippen LogP contribution in [0.4, 0.5) is 5.69 Å². The first-order valence-corrected chi connectivity index (χ1v) is 5.01. The molecule has 0 unspecified atom stereocenters. The van der Waals surface area contributed by atoms with Crippen LogP contribution in [0.25, 0.3) is 5.65 Å². The highest BCUT2D eigenvalue weighted by Crippen LogP contribution is 2.27. The highest BCUT2D eigenvalue weighted by atomic mass is 16.5. The molecule has 0 aliphatic heterocycles. The van der Waals surface area contributed by atoms with Crippen molar-refractivity contribution in [1.29, 1.82) is 0 Å². The van der Waals surface area contributed by atoms with Crippen LogP contribution in [-0.4, -0.2) is 19.6 Å². The molecule has 1 aromatic carbocycles. The standard InChI is InChI=1S/C11H9N5O/c12-8-3-1-2-4-9(8)17-11-10-15-14-7-16(10)6-5-13-11/h1-7H,12H2. The van der Waals surface area contributed by atoms with Gasteiger partial charge in [-0.25, -0.2) is 4.98 Å². The summed E-state index contributed by atoms with van der Waals surface area (Å²) in [6, 6.07) is 7.22. The topological polar surface area (TPSA) is 78.3 Å². The fraction of sp³-hybridized carbons (Fsp3) is 0. The predicted octanol–water partition coefficient (Wildman–Crippen LogP) is 1.50. The zero-order valence-corrected chi connectivity index (χ0v) is 8.82. The lowest BCUT2D eigenvalue weighted by Gasteiger charge is -2.06. The van der Waals surface area contributed by atoms with Crippen LogP contribution in [0, 0.1) is 0 Å². The van der Waals surface area contributed by atoms with Crippen molar-refractivity contribution in [3.63, 3.8) is 0 Å². The van der Waals surface area contributed by atoms with Crippen molar-refractivity contribution in [3.05, 3.63) is 43.0 Å². The first kappa shape index (κ1) is 9.59. The summed E-state index contributed by atoms with van der Waals surface area (Å²) in [4.78, 5) is 4.11. The van der Waals surface area contributed by atoms with Crippen LogP contribution < -0.4 is 10.5 Å². The molecule has 0 spiro atoms. The zero-order chi connectivity index (χ0) is 11.7. The maximum Gasteiger partial charge on any atom is 0.265 e. The molecule has 17 heavy (non-hydrogen) atoms. The van der Waals surface area contributed by atoms with Crippen molar-refractivity contribution in [1.82, 2.24) is 19.6 Å². The van der Waals surface area contributed by atoms with E-state index in [1.54, 1.807) is 35.3 Å². The molecule has 2 N–H and O–H groups in total. The molecule has 0 radical (unpaired) electrons. The first-order chi connectivity index (χ1) is 8.34. The van der Waals surface area contributed by atoms with Crippen LogP contribution in [0.3, 0.4) is 0 Å². The Bertz CT molecular complexity index is 664. The van der Waals surface area contributed by atoms with Gasteiger partial charge in [-0.2, -0.15) is 0 Å². The Morgan fingerprint density at radius 1 is 1.24 bits per heavy atom. The van der Waals surface area contributed by atoms with E-state index in [2.05, 4.69) is 15.2 Å². The summed E-state index contributed by atoms with van der Waals surface area (Å²) in [6.45, 7) is 0. The molecule has 2 aromatic heterocycles. The molecule has 2 heterocycles. The van der Waals surface area contributed by atoms with Crippen molar-refractivity contribution in [2.75, 3.05) is 5.73 Å². The summed E-state index contributed by atoms with van der Waals surface area (Å²) < 4.78 is 7.34. The number of hydrogen-bond donors (Lipinski definition) is 1. The van der Waals surface area contributed by atoms with E-state index in [4.69, 9.17) is 10.5 Å². The zero-order valence-electron chi connectivity index (χ0n) is 8.82. The van der Waals surface area contributed by atoms with Gasteiger partial charge in [0.25, 0.3) is 5.88 Å². The quantitative estimate of drug-likeness (QED) is 0.671. The predicted molar refractivity (Wildman–Crippen MR) is 61.7 cm³/mol. The molecule has 84 valence electrons. The number of hydrogen-bond acceptors (Lipinski definition) is 5. The molecule has 3 aromatic rings. The van der Waals surface area contributed by atoms with Gasteiger partial charge in [0, 0.05) is 12.4 Å². The minimum absolute atomic E-state index is 0.378. The largest absolute Gasteiger partial charge is 0.434 e. The van der Waals surface area contributed by atoms with E-state index in [0.717, 1.165) is 0 Å². The summed E-state index contributed by atoms with van der Waals surface area (Å²) in [5.74, 6) is 0.930. The molecule has 0 aliphatic rings. The molecular weight excluding hydrogens is 218 g/mol. The normalized spacial score (nSPS) is 10.6. The Balaban J connectivity index is 2.06. The van der Waals surface area contributed by atoms with Crippen LogP contribution >= 0.6 is 0 Å². The molecule has 0 bridgehead atoms. The molecule has 0 amide bonds. The van der Waals surface area contributed by atoms with Crippen LogP contribution in [0.5, 0.6) is 11.6 Å². The van der Waals surface area contributed by atoms with Gasteiger partial charge in [0.05, 0.1) is 5.69 Å². The van der Waals surface area contributed by atoms with Crippen molar-refractivity contribution < 1.29 is 4.74 Å². The number of para-hydroxylation sites is 2. The fourth-order valence-corrected chi connectivity index (χ4v) is 1.48. The summed E-state index contributed by atoms with van der Waals surface area (Å²) in [6.07, 6.45) is 4.94. The first-order valence-electron chi connectivity index (χ1n) is 5.01. The number of ether oxygens (including phenoxy) is 1. The number of anilines is 1. The minimum atomic E-state index is 0.378. The Morgan fingerprint density at radius 3 is 3.00 bits per heavy atom. The highest BCUT2D eigenvalue weighted by Gasteiger charge is 2.08. The van der Waals surface area contributed by atoms with E-state index in [-0.39, 0.29) is 0 Å². The lowest BCUT2D eigenvalue weighted by atomic mass is 10.3. The van der Waals surface area contributed by atoms with Gasteiger partial charge in [0.15, 0.2) is 5.75 Å². The van der Waals surface area contributed by atoms with E-state index in [9.17, 15) is 0 Å².